The van der Waals surface area contributed by atoms with Crippen molar-refractivity contribution >= 4 is 22.8 Å². The lowest BCUT2D eigenvalue weighted by atomic mass is 10.1. The number of carbonyl (C=O) groups is 1. The summed E-state index contributed by atoms with van der Waals surface area (Å²) in [5.41, 5.74) is 0.731. The van der Waals surface area contributed by atoms with Gasteiger partial charge in [-0.1, -0.05) is 6.42 Å². The van der Waals surface area contributed by atoms with Crippen molar-refractivity contribution in [3.8, 4) is 11.6 Å². The van der Waals surface area contributed by atoms with Crippen LogP contribution in [0, 0.1) is 6.92 Å². The average Bonchev–Trinajstić information content (AvgIpc) is 2.69. The van der Waals surface area contributed by atoms with Crippen LogP contribution in [0.15, 0.2) is 36.7 Å². The van der Waals surface area contributed by atoms with Crippen molar-refractivity contribution in [1.29, 1.82) is 0 Å². The first-order chi connectivity index (χ1) is 13.7. The van der Waals surface area contributed by atoms with E-state index in [1.807, 2.05) is 25.1 Å². The van der Waals surface area contributed by atoms with Crippen LogP contribution in [0.25, 0.3) is 10.9 Å². The molecule has 0 saturated carbocycles. The molecule has 2 aromatic heterocycles. The number of anilines is 1. The third-order valence-corrected chi connectivity index (χ3v) is 4.59. The number of nitrogens with one attached hydrogen (secondary N) is 1. The lowest BCUT2D eigenvalue weighted by Crippen LogP contribution is -2.37. The minimum Gasteiger partial charge on any atom is -0.439 e. The molecule has 144 valence electrons. The number of piperidine rings is 1. The number of hydrogen-bond acceptors (Lipinski definition) is 7. The van der Waals surface area contributed by atoms with Gasteiger partial charge in [0.25, 0.3) is 0 Å². The SMILES string of the molecule is Cc1nccc(Oc2ccc3nc(NC(=O)CN4CCCCC4)ncc3c2)n1. The number of hydrogen-bond donors (Lipinski definition) is 1. The summed E-state index contributed by atoms with van der Waals surface area (Å²) in [7, 11) is 0. The first-order valence-electron chi connectivity index (χ1n) is 9.42. The van der Waals surface area contributed by atoms with Gasteiger partial charge in [-0.2, -0.15) is 4.98 Å². The Balaban J connectivity index is 1.43. The number of amides is 1. The van der Waals surface area contributed by atoms with E-state index in [1.165, 1.54) is 6.42 Å². The van der Waals surface area contributed by atoms with Crippen molar-refractivity contribution in [3.05, 3.63) is 42.5 Å². The van der Waals surface area contributed by atoms with E-state index in [4.69, 9.17) is 4.74 Å². The Kier molecular flexibility index (Phi) is 5.38. The van der Waals surface area contributed by atoms with Crippen molar-refractivity contribution in [2.24, 2.45) is 0 Å². The second-order valence-electron chi connectivity index (χ2n) is 6.84. The van der Waals surface area contributed by atoms with Crippen LogP contribution in [-0.4, -0.2) is 50.4 Å². The number of nitrogens with zero attached hydrogens (tertiary/aromatic N) is 5. The summed E-state index contributed by atoms with van der Waals surface area (Å²) in [6.07, 6.45) is 6.88. The van der Waals surface area contributed by atoms with Crippen LogP contribution in [0.5, 0.6) is 11.6 Å². The fourth-order valence-electron chi connectivity index (χ4n) is 3.23. The molecule has 1 saturated heterocycles. The standard InChI is InChI=1S/C20H22N6O2/c1-14-21-8-7-19(23-14)28-16-5-6-17-15(11-16)12-22-20(24-17)25-18(27)13-26-9-3-2-4-10-26/h5-8,11-12H,2-4,9-10,13H2,1H3,(H,22,24,25,27). The lowest BCUT2D eigenvalue weighted by molar-refractivity contribution is -0.117. The zero-order chi connectivity index (χ0) is 19.3. The fraction of sp³-hybridized carbons (Fsp3) is 0.350. The van der Waals surface area contributed by atoms with E-state index in [1.54, 1.807) is 18.5 Å². The topological polar surface area (TPSA) is 93.1 Å². The third-order valence-electron chi connectivity index (χ3n) is 4.59. The number of rotatable bonds is 5. The van der Waals surface area contributed by atoms with Gasteiger partial charge in [-0.05, 0) is 51.1 Å². The maximum atomic E-state index is 12.2. The van der Waals surface area contributed by atoms with Crippen LogP contribution in [0.4, 0.5) is 5.95 Å². The van der Waals surface area contributed by atoms with Crippen molar-refractivity contribution in [2.75, 3.05) is 25.0 Å². The van der Waals surface area contributed by atoms with E-state index < -0.39 is 0 Å². The van der Waals surface area contributed by atoms with Crippen molar-refractivity contribution in [2.45, 2.75) is 26.2 Å². The maximum Gasteiger partial charge on any atom is 0.240 e. The van der Waals surface area contributed by atoms with Gasteiger partial charge in [-0.25, -0.2) is 15.0 Å². The Labute approximate surface area is 163 Å². The molecule has 1 aliphatic rings. The highest BCUT2D eigenvalue weighted by molar-refractivity contribution is 5.91. The highest BCUT2D eigenvalue weighted by atomic mass is 16.5. The van der Waals surface area contributed by atoms with E-state index in [2.05, 4.69) is 30.2 Å². The number of benzene rings is 1. The molecule has 1 N–H and O–H groups in total. The van der Waals surface area contributed by atoms with Crippen LogP contribution in [0.2, 0.25) is 0 Å². The molecule has 0 unspecified atom stereocenters. The van der Waals surface area contributed by atoms with Gasteiger partial charge in [0, 0.05) is 23.8 Å². The highest BCUT2D eigenvalue weighted by Crippen LogP contribution is 2.24. The van der Waals surface area contributed by atoms with Crippen molar-refractivity contribution in [3.63, 3.8) is 0 Å². The summed E-state index contributed by atoms with van der Waals surface area (Å²) in [5.74, 6) is 1.99. The quantitative estimate of drug-likeness (QED) is 0.729. The molecular formula is C20H22N6O2. The summed E-state index contributed by atoms with van der Waals surface area (Å²) in [6, 6.07) is 7.19. The zero-order valence-electron chi connectivity index (χ0n) is 15.8. The highest BCUT2D eigenvalue weighted by Gasteiger charge is 2.14. The fourth-order valence-corrected chi connectivity index (χ4v) is 3.23. The number of aromatic nitrogens is 4. The summed E-state index contributed by atoms with van der Waals surface area (Å²) in [5, 5.41) is 3.61. The molecule has 3 aromatic rings. The van der Waals surface area contributed by atoms with Crippen LogP contribution in [0.3, 0.4) is 0 Å². The second kappa shape index (κ2) is 8.26. The Morgan fingerprint density at radius 1 is 1.14 bits per heavy atom. The smallest absolute Gasteiger partial charge is 0.240 e. The minimum atomic E-state index is -0.0830. The van der Waals surface area contributed by atoms with Gasteiger partial charge < -0.3 is 4.74 Å². The third kappa shape index (κ3) is 4.58. The predicted octanol–water partition coefficient (Wildman–Crippen LogP) is 2.94. The Bertz CT molecular complexity index is 987. The van der Waals surface area contributed by atoms with Gasteiger partial charge in [0.15, 0.2) is 0 Å². The summed E-state index contributed by atoms with van der Waals surface area (Å²) in [4.78, 5) is 31.4. The van der Waals surface area contributed by atoms with E-state index >= 15 is 0 Å². The Morgan fingerprint density at radius 3 is 2.82 bits per heavy atom. The van der Waals surface area contributed by atoms with E-state index in [0.29, 0.717) is 29.9 Å². The normalized spacial score (nSPS) is 14.8. The van der Waals surface area contributed by atoms with Crippen molar-refractivity contribution < 1.29 is 9.53 Å². The maximum absolute atomic E-state index is 12.2. The molecule has 1 aliphatic heterocycles. The number of fused-ring (bicyclic) bond motifs is 1. The second-order valence-corrected chi connectivity index (χ2v) is 6.84. The first-order valence-corrected chi connectivity index (χ1v) is 9.42. The van der Waals surface area contributed by atoms with Crippen molar-refractivity contribution in [1.82, 2.24) is 24.8 Å². The molecule has 1 fully saturated rings. The Hall–Kier alpha value is -3.13. The number of likely N-dealkylation sites (tertiary alicyclic amines) is 1. The molecule has 8 heteroatoms. The molecule has 8 nitrogen and oxygen atoms in total. The van der Waals surface area contributed by atoms with E-state index in [-0.39, 0.29) is 5.91 Å². The van der Waals surface area contributed by atoms with Crippen LogP contribution < -0.4 is 10.1 Å². The van der Waals surface area contributed by atoms with Gasteiger partial charge in [0.2, 0.25) is 17.7 Å². The molecule has 1 amide bonds. The molecular weight excluding hydrogens is 356 g/mol. The molecule has 0 radical (unpaired) electrons. The molecule has 3 heterocycles. The van der Waals surface area contributed by atoms with Crippen LogP contribution in [0.1, 0.15) is 25.1 Å². The summed E-state index contributed by atoms with van der Waals surface area (Å²) >= 11 is 0. The number of carbonyl (C=O) groups excluding carboxylic acids is 1. The number of ether oxygens (including phenoxy) is 1. The first kappa shape index (κ1) is 18.2. The molecule has 28 heavy (non-hydrogen) atoms. The lowest BCUT2D eigenvalue weighted by Gasteiger charge is -2.25. The molecule has 0 atom stereocenters. The van der Waals surface area contributed by atoms with Gasteiger partial charge in [0.1, 0.15) is 11.6 Å². The van der Waals surface area contributed by atoms with E-state index in [0.717, 1.165) is 36.8 Å². The van der Waals surface area contributed by atoms with Gasteiger partial charge >= 0.3 is 0 Å². The predicted molar refractivity (Wildman–Crippen MR) is 105 cm³/mol. The molecule has 0 aliphatic carbocycles. The zero-order valence-corrected chi connectivity index (χ0v) is 15.8. The van der Waals surface area contributed by atoms with Crippen LogP contribution >= 0.6 is 0 Å². The van der Waals surface area contributed by atoms with Gasteiger partial charge in [-0.15, -0.1) is 0 Å². The summed E-state index contributed by atoms with van der Waals surface area (Å²) in [6.45, 7) is 4.13. The summed E-state index contributed by atoms with van der Waals surface area (Å²) < 4.78 is 5.76. The largest absolute Gasteiger partial charge is 0.439 e. The molecule has 4 rings (SSSR count). The van der Waals surface area contributed by atoms with Gasteiger partial charge in [0.05, 0.1) is 12.1 Å². The van der Waals surface area contributed by atoms with Crippen LogP contribution in [-0.2, 0) is 4.79 Å². The Morgan fingerprint density at radius 2 is 2.00 bits per heavy atom. The molecule has 1 aromatic carbocycles. The van der Waals surface area contributed by atoms with E-state index in [9.17, 15) is 4.79 Å². The minimum absolute atomic E-state index is 0.0830. The number of aryl methyl sites for hydroxylation is 1. The molecule has 0 spiro atoms. The molecule has 0 bridgehead atoms. The average molecular weight is 378 g/mol. The van der Waals surface area contributed by atoms with Gasteiger partial charge in [-0.3, -0.25) is 15.0 Å². The monoisotopic (exact) mass is 378 g/mol.